The van der Waals surface area contributed by atoms with Gasteiger partial charge in [0.25, 0.3) is 5.91 Å². The Morgan fingerprint density at radius 3 is 2.36 bits per heavy atom. The molecule has 0 radical (unpaired) electrons. The van der Waals surface area contributed by atoms with E-state index in [4.69, 9.17) is 4.98 Å². The molecule has 2 aromatic carbocycles. The summed E-state index contributed by atoms with van der Waals surface area (Å²) in [4.78, 5) is 54.3. The lowest BCUT2D eigenvalue weighted by Gasteiger charge is -2.35. The molecule has 2 fully saturated rings. The fraction of sp³-hybridized carbons (Fsp3) is 0.323. The second-order valence-corrected chi connectivity index (χ2v) is 11.6. The summed E-state index contributed by atoms with van der Waals surface area (Å²) in [5.74, 6) is 0.466. The number of rotatable bonds is 6. The number of fused-ring (bicyclic) bond motifs is 1. The third-order valence-corrected chi connectivity index (χ3v) is 9.09. The van der Waals surface area contributed by atoms with E-state index in [0.717, 1.165) is 32.6 Å². The number of aromatic nitrogens is 2. The molecule has 11 heteroatoms. The number of nitrogens with one attached hydrogen (secondary N) is 1. The highest BCUT2D eigenvalue weighted by Gasteiger charge is 2.35. The van der Waals surface area contributed by atoms with Crippen molar-refractivity contribution in [3.05, 3.63) is 71.1 Å². The van der Waals surface area contributed by atoms with Crippen molar-refractivity contribution >= 4 is 51.2 Å². The summed E-state index contributed by atoms with van der Waals surface area (Å²) in [6.45, 7) is 4.65. The topological polar surface area (TPSA) is 119 Å². The Hall–Kier alpha value is -4.51. The molecular formula is C31H32N6O4S. The first kappa shape index (κ1) is 27.6. The van der Waals surface area contributed by atoms with Gasteiger partial charge in [0, 0.05) is 43.2 Å². The van der Waals surface area contributed by atoms with Gasteiger partial charge in [-0.15, -0.1) is 11.3 Å². The van der Waals surface area contributed by atoms with E-state index in [1.54, 1.807) is 11.3 Å². The van der Waals surface area contributed by atoms with Crippen LogP contribution in [0, 0.1) is 0 Å². The molecule has 2 aliphatic rings. The number of hydrogen-bond donors (Lipinski definition) is 2. The zero-order chi connectivity index (χ0) is 29.2. The standard InChI is InChI=1S/C31H32N6O4S/c1-2-23-19-24-26(32-30(34-28(24)42-23)33-27(38)25-9-6-14-37(25)31(40)41)35-15-17-36(18-16-35)29(39)22-12-10-21(11-13-22)20-7-4-3-5-8-20/h3-5,7-8,10-13,19,25H,2,6,9,14-18H2,1H3,(H,40,41)(H,32,33,34,38). The molecule has 2 saturated heterocycles. The molecule has 4 heterocycles. The van der Waals surface area contributed by atoms with E-state index in [0.29, 0.717) is 56.9 Å². The van der Waals surface area contributed by atoms with Crippen molar-refractivity contribution in [1.82, 2.24) is 19.8 Å². The Morgan fingerprint density at radius 1 is 0.952 bits per heavy atom. The van der Waals surface area contributed by atoms with Gasteiger partial charge in [0.2, 0.25) is 11.9 Å². The van der Waals surface area contributed by atoms with Crippen LogP contribution in [0.25, 0.3) is 21.3 Å². The number of carbonyl (C=O) groups excluding carboxylic acids is 2. The Bertz CT molecular complexity index is 1620. The maximum Gasteiger partial charge on any atom is 0.407 e. The zero-order valence-corrected chi connectivity index (χ0v) is 24.1. The highest BCUT2D eigenvalue weighted by Crippen LogP contribution is 2.33. The number of carboxylic acid groups (broad SMARTS) is 1. The molecule has 6 rings (SSSR count). The lowest BCUT2D eigenvalue weighted by molar-refractivity contribution is -0.119. The second kappa shape index (κ2) is 11.8. The van der Waals surface area contributed by atoms with Gasteiger partial charge < -0.3 is 14.9 Å². The molecule has 42 heavy (non-hydrogen) atoms. The summed E-state index contributed by atoms with van der Waals surface area (Å²) in [5.41, 5.74) is 2.84. The fourth-order valence-corrected chi connectivity index (χ4v) is 6.59. The normalized spacial score (nSPS) is 17.1. The molecule has 0 aliphatic carbocycles. The molecule has 1 atom stereocenters. The van der Waals surface area contributed by atoms with Gasteiger partial charge in [-0.1, -0.05) is 49.4 Å². The quantitative estimate of drug-likeness (QED) is 0.329. The maximum atomic E-state index is 13.3. The molecule has 3 amide bonds. The van der Waals surface area contributed by atoms with E-state index in [9.17, 15) is 19.5 Å². The smallest absolute Gasteiger partial charge is 0.407 e. The van der Waals surface area contributed by atoms with Crippen LogP contribution >= 0.6 is 11.3 Å². The van der Waals surface area contributed by atoms with Gasteiger partial charge in [-0.25, -0.2) is 9.78 Å². The Labute approximate surface area is 247 Å². The van der Waals surface area contributed by atoms with Gasteiger partial charge in [-0.05, 0) is 48.6 Å². The van der Waals surface area contributed by atoms with Crippen molar-refractivity contribution in [3.63, 3.8) is 0 Å². The monoisotopic (exact) mass is 584 g/mol. The number of aryl methyl sites for hydroxylation is 1. The SMILES string of the molecule is CCc1cc2c(N3CCN(C(=O)c4ccc(-c5ccccc5)cc4)CC3)nc(NC(=O)C3CCCN3C(=O)O)nc2s1. The van der Waals surface area contributed by atoms with Crippen LogP contribution in [0.2, 0.25) is 0 Å². The van der Waals surface area contributed by atoms with Gasteiger partial charge in [0.05, 0.1) is 5.39 Å². The van der Waals surface area contributed by atoms with E-state index in [-0.39, 0.29) is 11.9 Å². The molecule has 2 N–H and O–H groups in total. The minimum Gasteiger partial charge on any atom is -0.465 e. The van der Waals surface area contributed by atoms with Gasteiger partial charge in [-0.2, -0.15) is 4.98 Å². The first-order valence-electron chi connectivity index (χ1n) is 14.2. The van der Waals surface area contributed by atoms with E-state index < -0.39 is 18.0 Å². The Kier molecular flexibility index (Phi) is 7.75. The predicted molar refractivity (Wildman–Crippen MR) is 163 cm³/mol. The Balaban J connectivity index is 1.17. The number of likely N-dealkylation sites (tertiary alicyclic amines) is 1. The van der Waals surface area contributed by atoms with Crippen molar-refractivity contribution in [2.24, 2.45) is 0 Å². The maximum absolute atomic E-state index is 13.3. The highest BCUT2D eigenvalue weighted by molar-refractivity contribution is 7.18. The predicted octanol–water partition coefficient (Wildman–Crippen LogP) is 4.96. The summed E-state index contributed by atoms with van der Waals surface area (Å²) in [5, 5.41) is 13.2. The van der Waals surface area contributed by atoms with Crippen LogP contribution in [0.15, 0.2) is 60.7 Å². The third-order valence-electron chi connectivity index (χ3n) is 7.91. The molecule has 2 aliphatic heterocycles. The molecule has 4 aromatic rings. The highest BCUT2D eigenvalue weighted by atomic mass is 32.1. The minimum atomic E-state index is -1.10. The van der Waals surface area contributed by atoms with Gasteiger partial charge >= 0.3 is 6.09 Å². The fourth-order valence-electron chi connectivity index (χ4n) is 5.63. The molecule has 10 nitrogen and oxygen atoms in total. The molecule has 0 spiro atoms. The summed E-state index contributed by atoms with van der Waals surface area (Å²) in [7, 11) is 0. The first-order valence-corrected chi connectivity index (χ1v) is 15.0. The minimum absolute atomic E-state index is 0.00148. The number of amides is 3. The van der Waals surface area contributed by atoms with Crippen LogP contribution in [0.4, 0.5) is 16.6 Å². The average Bonchev–Trinajstić information content (AvgIpc) is 3.69. The average molecular weight is 585 g/mol. The van der Waals surface area contributed by atoms with Crippen LogP contribution < -0.4 is 10.2 Å². The summed E-state index contributed by atoms with van der Waals surface area (Å²) in [6, 6.07) is 19.1. The van der Waals surface area contributed by atoms with Crippen molar-refractivity contribution in [3.8, 4) is 11.1 Å². The van der Waals surface area contributed by atoms with E-state index in [2.05, 4.69) is 28.2 Å². The second-order valence-electron chi connectivity index (χ2n) is 10.5. The van der Waals surface area contributed by atoms with E-state index in [1.165, 1.54) is 4.90 Å². The van der Waals surface area contributed by atoms with Crippen LogP contribution in [0.1, 0.15) is 35.0 Å². The number of benzene rings is 2. The lowest BCUT2D eigenvalue weighted by atomic mass is 10.0. The van der Waals surface area contributed by atoms with Crippen molar-refractivity contribution in [2.75, 3.05) is 42.9 Å². The van der Waals surface area contributed by atoms with Gasteiger partial charge in [0.1, 0.15) is 16.7 Å². The molecule has 0 saturated carbocycles. The number of piperazine rings is 1. The van der Waals surface area contributed by atoms with Gasteiger partial charge in [0.15, 0.2) is 0 Å². The van der Waals surface area contributed by atoms with Crippen LogP contribution in [-0.2, 0) is 11.2 Å². The number of nitrogens with zero attached hydrogens (tertiary/aromatic N) is 5. The van der Waals surface area contributed by atoms with Gasteiger partial charge in [-0.3, -0.25) is 19.8 Å². The third kappa shape index (κ3) is 5.52. The molecule has 1 unspecified atom stereocenters. The Morgan fingerprint density at radius 2 is 1.67 bits per heavy atom. The first-order chi connectivity index (χ1) is 20.4. The molecule has 2 aromatic heterocycles. The lowest BCUT2D eigenvalue weighted by Crippen LogP contribution is -2.49. The molecule has 216 valence electrons. The number of hydrogen-bond acceptors (Lipinski definition) is 7. The van der Waals surface area contributed by atoms with Crippen LogP contribution in [0.5, 0.6) is 0 Å². The number of carbonyl (C=O) groups is 3. The molecule has 0 bridgehead atoms. The van der Waals surface area contributed by atoms with Crippen molar-refractivity contribution in [2.45, 2.75) is 32.2 Å². The summed E-state index contributed by atoms with van der Waals surface area (Å²) in [6.07, 6.45) is 0.857. The van der Waals surface area contributed by atoms with Crippen LogP contribution in [0.3, 0.4) is 0 Å². The van der Waals surface area contributed by atoms with E-state index in [1.807, 2.05) is 59.5 Å². The molecular weight excluding hydrogens is 552 g/mol. The van der Waals surface area contributed by atoms with Crippen molar-refractivity contribution < 1.29 is 19.5 Å². The largest absolute Gasteiger partial charge is 0.465 e. The number of anilines is 2. The summed E-state index contributed by atoms with van der Waals surface area (Å²) >= 11 is 1.56. The number of thiophene rings is 1. The summed E-state index contributed by atoms with van der Waals surface area (Å²) < 4.78 is 0. The van der Waals surface area contributed by atoms with Crippen molar-refractivity contribution in [1.29, 1.82) is 0 Å². The van der Waals surface area contributed by atoms with E-state index >= 15 is 0 Å². The zero-order valence-electron chi connectivity index (χ0n) is 23.3. The van der Waals surface area contributed by atoms with Crippen LogP contribution in [-0.4, -0.2) is 81.5 Å².